The second-order valence-corrected chi connectivity index (χ2v) is 6.20. The van der Waals surface area contributed by atoms with E-state index < -0.39 is 15.3 Å². The Labute approximate surface area is 104 Å². The summed E-state index contributed by atoms with van der Waals surface area (Å²) >= 11 is 4.23. The molecular formula is C10H23NO3S2. The van der Waals surface area contributed by atoms with Crippen molar-refractivity contribution in [2.75, 3.05) is 6.54 Å². The van der Waals surface area contributed by atoms with E-state index in [1.165, 1.54) is 32.1 Å². The SMILES string of the molecule is CCCCCCCCNC(C)OS(=O)(O)=S. The second kappa shape index (κ2) is 9.30. The molecule has 0 fully saturated rings. The van der Waals surface area contributed by atoms with Crippen LogP contribution >= 0.6 is 0 Å². The van der Waals surface area contributed by atoms with Gasteiger partial charge >= 0.3 is 0 Å². The summed E-state index contributed by atoms with van der Waals surface area (Å²) in [5.74, 6) is 0. The fourth-order valence-corrected chi connectivity index (χ4v) is 2.21. The van der Waals surface area contributed by atoms with Crippen LogP contribution in [-0.2, 0) is 24.4 Å². The van der Waals surface area contributed by atoms with Crippen LogP contribution in [0, 0.1) is 0 Å². The Morgan fingerprint density at radius 3 is 2.44 bits per heavy atom. The maximum Gasteiger partial charge on any atom is 0.268 e. The van der Waals surface area contributed by atoms with Gasteiger partial charge in [0.1, 0.15) is 6.23 Å². The van der Waals surface area contributed by atoms with Crippen LogP contribution in [0.3, 0.4) is 0 Å². The molecule has 0 aliphatic heterocycles. The third-order valence-electron chi connectivity index (χ3n) is 2.23. The van der Waals surface area contributed by atoms with Crippen molar-refractivity contribution in [2.45, 2.75) is 58.6 Å². The third-order valence-corrected chi connectivity index (χ3v) is 3.00. The van der Waals surface area contributed by atoms with Crippen LogP contribution in [0.5, 0.6) is 0 Å². The molecule has 6 heteroatoms. The van der Waals surface area contributed by atoms with E-state index in [4.69, 9.17) is 4.55 Å². The molecule has 0 aromatic rings. The summed E-state index contributed by atoms with van der Waals surface area (Å²) in [6, 6.07) is 0. The topological polar surface area (TPSA) is 58.6 Å². The zero-order valence-corrected chi connectivity index (χ0v) is 11.7. The van der Waals surface area contributed by atoms with Crippen molar-refractivity contribution >= 4 is 20.2 Å². The molecule has 0 saturated carbocycles. The lowest BCUT2D eigenvalue weighted by Gasteiger charge is -2.13. The minimum absolute atomic E-state index is 0.467. The predicted octanol–water partition coefficient (Wildman–Crippen LogP) is 2.43. The highest BCUT2D eigenvalue weighted by Gasteiger charge is 2.07. The van der Waals surface area contributed by atoms with E-state index in [9.17, 15) is 4.21 Å². The minimum atomic E-state index is -3.51. The van der Waals surface area contributed by atoms with Crippen LogP contribution in [0.1, 0.15) is 52.4 Å². The molecule has 0 bridgehead atoms. The third kappa shape index (κ3) is 12.3. The highest BCUT2D eigenvalue weighted by molar-refractivity contribution is 8.27. The molecule has 0 saturated heterocycles. The lowest BCUT2D eigenvalue weighted by atomic mass is 10.1. The molecule has 0 aliphatic carbocycles. The van der Waals surface area contributed by atoms with Crippen molar-refractivity contribution in [3.8, 4) is 0 Å². The molecule has 2 atom stereocenters. The Hall–Kier alpha value is 0.250. The molecule has 0 aliphatic rings. The van der Waals surface area contributed by atoms with Gasteiger partial charge in [0.2, 0.25) is 0 Å². The average Bonchev–Trinajstić information content (AvgIpc) is 2.13. The molecular weight excluding hydrogens is 246 g/mol. The maximum atomic E-state index is 10.7. The highest BCUT2D eigenvalue weighted by Crippen LogP contribution is 2.04. The van der Waals surface area contributed by atoms with Gasteiger partial charge in [-0.3, -0.25) is 14.1 Å². The first-order valence-electron chi connectivity index (χ1n) is 5.84. The second-order valence-electron chi connectivity index (χ2n) is 3.89. The van der Waals surface area contributed by atoms with Gasteiger partial charge in [-0.05, 0) is 19.9 Å². The summed E-state index contributed by atoms with van der Waals surface area (Å²) in [6.45, 7) is 4.67. The molecule has 0 rings (SSSR count). The Kier molecular flexibility index (Phi) is 9.44. The van der Waals surface area contributed by atoms with Gasteiger partial charge in [0.05, 0.1) is 0 Å². The van der Waals surface area contributed by atoms with Crippen molar-refractivity contribution in [2.24, 2.45) is 0 Å². The molecule has 2 unspecified atom stereocenters. The fourth-order valence-electron chi connectivity index (χ4n) is 1.43. The van der Waals surface area contributed by atoms with Gasteiger partial charge in [-0.25, -0.2) is 0 Å². The Balaban J connectivity index is 3.31. The smallest absolute Gasteiger partial charge is 0.268 e. The van der Waals surface area contributed by atoms with Gasteiger partial charge < -0.3 is 0 Å². The van der Waals surface area contributed by atoms with Crippen molar-refractivity contribution in [1.29, 1.82) is 0 Å². The maximum absolute atomic E-state index is 10.7. The van der Waals surface area contributed by atoms with E-state index in [0.717, 1.165) is 13.0 Å². The number of unbranched alkanes of at least 4 members (excludes halogenated alkanes) is 5. The standard InChI is InChI=1S/C10H23NO3S2/c1-3-4-5-6-7-8-9-11-10(2)14-16(12,13)15/h10-11H,3-9H2,1-2H3,(H,12,13,15). The van der Waals surface area contributed by atoms with E-state index >= 15 is 0 Å². The van der Waals surface area contributed by atoms with Gasteiger partial charge in [0, 0.05) is 11.2 Å². The van der Waals surface area contributed by atoms with Gasteiger partial charge in [-0.2, -0.15) is 4.21 Å². The van der Waals surface area contributed by atoms with Crippen LogP contribution in [0.2, 0.25) is 0 Å². The number of hydrogen-bond donors (Lipinski definition) is 2. The van der Waals surface area contributed by atoms with Crippen LogP contribution in [0.15, 0.2) is 0 Å². The zero-order chi connectivity index (χ0) is 12.4. The van der Waals surface area contributed by atoms with Gasteiger partial charge in [-0.1, -0.05) is 39.0 Å². The summed E-state index contributed by atoms with van der Waals surface area (Å²) in [5.41, 5.74) is 0. The van der Waals surface area contributed by atoms with Crippen molar-refractivity contribution in [1.82, 2.24) is 5.32 Å². The first-order chi connectivity index (χ1) is 7.45. The first-order valence-corrected chi connectivity index (χ1v) is 8.21. The summed E-state index contributed by atoms with van der Waals surface area (Å²) in [4.78, 5) is 0. The van der Waals surface area contributed by atoms with Gasteiger partial charge in [0.15, 0.2) is 0 Å². The lowest BCUT2D eigenvalue weighted by Crippen LogP contribution is -2.31. The van der Waals surface area contributed by atoms with Crippen molar-refractivity contribution in [3.63, 3.8) is 0 Å². The van der Waals surface area contributed by atoms with E-state index in [2.05, 4.69) is 27.6 Å². The van der Waals surface area contributed by atoms with E-state index in [-0.39, 0.29) is 0 Å². The molecule has 98 valence electrons. The van der Waals surface area contributed by atoms with Gasteiger partial charge in [-0.15, -0.1) is 0 Å². The Morgan fingerprint density at radius 2 is 1.88 bits per heavy atom. The molecule has 0 spiro atoms. The van der Waals surface area contributed by atoms with Gasteiger partial charge in [0.25, 0.3) is 9.05 Å². The quantitative estimate of drug-likeness (QED) is 0.471. The van der Waals surface area contributed by atoms with Crippen LogP contribution in [0.25, 0.3) is 0 Å². The average molecular weight is 269 g/mol. The largest absolute Gasteiger partial charge is 0.291 e. The normalized spacial score (nSPS) is 16.9. The van der Waals surface area contributed by atoms with Crippen LogP contribution in [0.4, 0.5) is 0 Å². The van der Waals surface area contributed by atoms with E-state index in [1.54, 1.807) is 6.92 Å². The van der Waals surface area contributed by atoms with Crippen LogP contribution < -0.4 is 5.32 Å². The molecule has 0 radical (unpaired) electrons. The Morgan fingerprint density at radius 1 is 1.31 bits per heavy atom. The molecule has 4 nitrogen and oxygen atoms in total. The first kappa shape index (κ1) is 16.2. The molecule has 16 heavy (non-hydrogen) atoms. The molecule has 0 aromatic carbocycles. The lowest BCUT2D eigenvalue weighted by molar-refractivity contribution is 0.183. The monoisotopic (exact) mass is 269 g/mol. The summed E-state index contributed by atoms with van der Waals surface area (Å²) in [7, 11) is -3.51. The van der Waals surface area contributed by atoms with Crippen molar-refractivity contribution < 1.29 is 12.9 Å². The van der Waals surface area contributed by atoms with E-state index in [0.29, 0.717) is 0 Å². The predicted molar refractivity (Wildman–Crippen MR) is 70.1 cm³/mol. The summed E-state index contributed by atoms with van der Waals surface area (Å²) < 4.78 is 24.2. The zero-order valence-electron chi connectivity index (χ0n) is 10.1. The minimum Gasteiger partial charge on any atom is -0.291 e. The molecule has 0 aromatic heterocycles. The number of nitrogens with one attached hydrogen (secondary N) is 1. The number of rotatable bonds is 10. The molecule has 0 heterocycles. The van der Waals surface area contributed by atoms with Crippen molar-refractivity contribution in [3.05, 3.63) is 0 Å². The number of hydrogen-bond acceptors (Lipinski definition) is 4. The van der Waals surface area contributed by atoms with E-state index in [1.807, 2.05) is 0 Å². The highest BCUT2D eigenvalue weighted by atomic mass is 32.9. The summed E-state index contributed by atoms with van der Waals surface area (Å²) in [5, 5.41) is 3.00. The fraction of sp³-hybridized carbons (Fsp3) is 1.00. The Bertz CT molecular complexity index is 255. The summed E-state index contributed by atoms with van der Waals surface area (Å²) in [6.07, 6.45) is 6.87. The molecule has 2 N–H and O–H groups in total. The van der Waals surface area contributed by atoms with Crippen LogP contribution in [-0.4, -0.2) is 21.5 Å². The molecule has 0 amide bonds.